The van der Waals surface area contributed by atoms with E-state index in [1.165, 1.54) is 0 Å². The highest BCUT2D eigenvalue weighted by Gasteiger charge is 2.26. The maximum Gasteiger partial charge on any atom is 0.410 e. The second-order valence-electron chi connectivity index (χ2n) is 7.44. The number of piperidine rings is 1. The first kappa shape index (κ1) is 20.2. The summed E-state index contributed by atoms with van der Waals surface area (Å²) < 4.78 is 29.9. The molecule has 1 aromatic rings. The topological polar surface area (TPSA) is 88.1 Å². The Balaban J connectivity index is 1.86. The molecule has 1 aliphatic heterocycles. The lowest BCUT2D eigenvalue weighted by Crippen LogP contribution is -2.42. The van der Waals surface area contributed by atoms with Gasteiger partial charge in [-0.05, 0) is 58.1 Å². The lowest BCUT2D eigenvalue weighted by molar-refractivity contribution is 0.0203. The molecular formula is C18H27N3O4S. The number of aryl methyl sites for hydroxylation is 1. The van der Waals surface area contributed by atoms with Gasteiger partial charge in [0.2, 0.25) is 0 Å². The van der Waals surface area contributed by atoms with Gasteiger partial charge in [0.1, 0.15) is 5.60 Å². The zero-order chi connectivity index (χ0) is 19.4. The fourth-order valence-corrected chi connectivity index (χ4v) is 3.72. The minimum Gasteiger partial charge on any atom is -0.444 e. The van der Waals surface area contributed by atoms with Crippen molar-refractivity contribution >= 4 is 22.3 Å². The summed E-state index contributed by atoms with van der Waals surface area (Å²) in [5.41, 5.74) is 0.157. The Morgan fingerprint density at radius 3 is 2.46 bits per heavy atom. The van der Waals surface area contributed by atoms with E-state index in [1.54, 1.807) is 42.3 Å². The maximum atomic E-state index is 12.3. The van der Waals surface area contributed by atoms with Gasteiger partial charge in [0.05, 0.1) is 4.90 Å². The molecule has 1 aromatic carbocycles. The second kappa shape index (κ2) is 8.07. The lowest BCUT2D eigenvalue weighted by Gasteiger charge is -2.32. The third-order valence-corrected chi connectivity index (χ3v) is 5.42. The third kappa shape index (κ3) is 5.72. The summed E-state index contributed by atoms with van der Waals surface area (Å²) in [5.74, 6) is 0.119. The molecule has 0 saturated carbocycles. The number of carbonyl (C=O) groups is 1. The van der Waals surface area contributed by atoms with Crippen molar-refractivity contribution < 1.29 is 17.9 Å². The average Bonchev–Trinajstić information content (AvgIpc) is 2.54. The number of sulfonamides is 1. The Hall–Kier alpha value is -2.09. The number of likely N-dealkylation sites (tertiary alicyclic amines) is 1. The van der Waals surface area contributed by atoms with Gasteiger partial charge in [-0.2, -0.15) is 13.5 Å². The summed E-state index contributed by atoms with van der Waals surface area (Å²) in [6, 6.07) is 6.75. The monoisotopic (exact) mass is 381 g/mol. The molecule has 0 bridgehead atoms. The van der Waals surface area contributed by atoms with E-state index in [1.807, 2.05) is 20.8 Å². The molecule has 1 aliphatic rings. The number of rotatable bonds is 4. The van der Waals surface area contributed by atoms with Crippen molar-refractivity contribution in [1.82, 2.24) is 9.73 Å². The molecule has 7 nitrogen and oxygen atoms in total. The Bertz CT molecular complexity index is 761. The standard InChI is InChI=1S/C18H27N3O4S/c1-14-7-5-6-8-16(14)26(23,24)20-19-13-15-9-11-21(12-10-15)17(22)25-18(2,3)4/h5-8,13,15,20H,9-12H2,1-4H3. The van der Waals surface area contributed by atoms with Gasteiger partial charge in [-0.1, -0.05) is 18.2 Å². The largest absolute Gasteiger partial charge is 0.444 e. The number of benzene rings is 1. The molecular weight excluding hydrogens is 354 g/mol. The van der Waals surface area contributed by atoms with E-state index < -0.39 is 15.6 Å². The van der Waals surface area contributed by atoms with E-state index >= 15 is 0 Å². The lowest BCUT2D eigenvalue weighted by atomic mass is 9.99. The van der Waals surface area contributed by atoms with E-state index in [-0.39, 0.29) is 16.9 Å². The van der Waals surface area contributed by atoms with Gasteiger partial charge in [0, 0.05) is 19.3 Å². The van der Waals surface area contributed by atoms with Gasteiger partial charge in [-0.3, -0.25) is 0 Å². The van der Waals surface area contributed by atoms with Gasteiger partial charge in [-0.25, -0.2) is 9.63 Å². The molecule has 0 aromatic heterocycles. The van der Waals surface area contributed by atoms with Crippen LogP contribution in [-0.2, 0) is 14.8 Å². The molecule has 0 spiro atoms. The Labute approximate surface area is 155 Å². The zero-order valence-corrected chi connectivity index (χ0v) is 16.5. The van der Waals surface area contributed by atoms with Crippen LogP contribution in [0.15, 0.2) is 34.3 Å². The van der Waals surface area contributed by atoms with Gasteiger partial charge in [0.25, 0.3) is 10.0 Å². The summed E-state index contributed by atoms with van der Waals surface area (Å²) in [6.07, 6.45) is 2.74. The number of nitrogens with one attached hydrogen (secondary N) is 1. The Morgan fingerprint density at radius 2 is 1.88 bits per heavy atom. The molecule has 1 heterocycles. The molecule has 0 aliphatic carbocycles. The summed E-state index contributed by atoms with van der Waals surface area (Å²) in [7, 11) is -3.67. The highest BCUT2D eigenvalue weighted by molar-refractivity contribution is 7.89. The summed E-state index contributed by atoms with van der Waals surface area (Å²) in [6.45, 7) is 8.39. The number of hydrogen-bond acceptors (Lipinski definition) is 5. The summed E-state index contributed by atoms with van der Waals surface area (Å²) >= 11 is 0. The molecule has 2 rings (SSSR count). The first-order valence-electron chi connectivity index (χ1n) is 8.67. The van der Waals surface area contributed by atoms with E-state index in [2.05, 4.69) is 9.93 Å². The molecule has 8 heteroatoms. The Kier molecular flexibility index (Phi) is 6.28. The number of hydrogen-bond donors (Lipinski definition) is 1. The van der Waals surface area contributed by atoms with E-state index in [9.17, 15) is 13.2 Å². The van der Waals surface area contributed by atoms with Crippen molar-refractivity contribution in [2.75, 3.05) is 13.1 Å². The first-order chi connectivity index (χ1) is 12.1. The smallest absolute Gasteiger partial charge is 0.410 e. The van der Waals surface area contributed by atoms with Crippen molar-refractivity contribution in [1.29, 1.82) is 0 Å². The van der Waals surface area contributed by atoms with Gasteiger partial charge >= 0.3 is 6.09 Å². The fraction of sp³-hybridized carbons (Fsp3) is 0.556. The van der Waals surface area contributed by atoms with Crippen LogP contribution in [-0.4, -0.2) is 44.3 Å². The number of ether oxygens (including phenoxy) is 1. The van der Waals surface area contributed by atoms with Crippen LogP contribution in [0, 0.1) is 12.8 Å². The molecule has 0 atom stereocenters. The van der Waals surface area contributed by atoms with Crippen molar-refractivity contribution in [2.24, 2.45) is 11.0 Å². The average molecular weight is 381 g/mol. The van der Waals surface area contributed by atoms with Crippen LogP contribution < -0.4 is 4.83 Å². The van der Waals surface area contributed by atoms with Crippen molar-refractivity contribution in [3.63, 3.8) is 0 Å². The van der Waals surface area contributed by atoms with Crippen LogP contribution in [0.1, 0.15) is 39.2 Å². The van der Waals surface area contributed by atoms with Crippen LogP contribution in [0.2, 0.25) is 0 Å². The van der Waals surface area contributed by atoms with Crippen LogP contribution in [0.4, 0.5) is 4.79 Å². The molecule has 1 amide bonds. The molecule has 0 unspecified atom stereocenters. The van der Waals surface area contributed by atoms with Crippen molar-refractivity contribution in [3.05, 3.63) is 29.8 Å². The Morgan fingerprint density at radius 1 is 1.27 bits per heavy atom. The number of amides is 1. The summed E-state index contributed by atoms with van der Waals surface area (Å²) in [5, 5.41) is 3.92. The first-order valence-corrected chi connectivity index (χ1v) is 10.2. The summed E-state index contributed by atoms with van der Waals surface area (Å²) in [4.78, 5) is 16.2. The van der Waals surface area contributed by atoms with Crippen LogP contribution in [0.3, 0.4) is 0 Å². The normalized spacial score (nSPS) is 16.7. The minimum absolute atomic E-state index is 0.119. The van der Waals surface area contributed by atoms with Crippen LogP contribution >= 0.6 is 0 Å². The molecule has 1 N–H and O–H groups in total. The second-order valence-corrected chi connectivity index (χ2v) is 9.07. The molecule has 1 saturated heterocycles. The molecule has 26 heavy (non-hydrogen) atoms. The number of nitrogens with zero attached hydrogens (tertiary/aromatic N) is 2. The van der Waals surface area contributed by atoms with Gasteiger partial charge < -0.3 is 9.64 Å². The van der Waals surface area contributed by atoms with Crippen molar-refractivity contribution in [3.8, 4) is 0 Å². The van der Waals surface area contributed by atoms with E-state index in [0.717, 1.165) is 12.8 Å². The predicted octanol–water partition coefficient (Wildman–Crippen LogP) is 2.91. The quantitative estimate of drug-likeness (QED) is 0.642. The number of hydrazone groups is 1. The molecule has 144 valence electrons. The molecule has 1 fully saturated rings. The fourth-order valence-electron chi connectivity index (χ4n) is 2.67. The van der Waals surface area contributed by atoms with Gasteiger partial charge in [0.15, 0.2) is 0 Å². The SMILES string of the molecule is Cc1ccccc1S(=O)(=O)NN=CC1CCN(C(=O)OC(C)(C)C)CC1. The van der Waals surface area contributed by atoms with E-state index in [4.69, 9.17) is 4.74 Å². The van der Waals surface area contributed by atoms with Crippen LogP contribution in [0.25, 0.3) is 0 Å². The predicted molar refractivity (Wildman–Crippen MR) is 101 cm³/mol. The highest BCUT2D eigenvalue weighted by atomic mass is 32.2. The maximum absolute atomic E-state index is 12.3. The van der Waals surface area contributed by atoms with E-state index in [0.29, 0.717) is 18.7 Å². The zero-order valence-electron chi connectivity index (χ0n) is 15.7. The number of carbonyl (C=O) groups excluding carboxylic acids is 1. The third-order valence-electron chi connectivity index (χ3n) is 4.03. The molecule has 0 radical (unpaired) electrons. The van der Waals surface area contributed by atoms with Crippen molar-refractivity contribution in [2.45, 2.75) is 51.0 Å². The minimum atomic E-state index is -3.67. The highest BCUT2D eigenvalue weighted by Crippen LogP contribution is 2.19. The van der Waals surface area contributed by atoms with Crippen LogP contribution in [0.5, 0.6) is 0 Å². The van der Waals surface area contributed by atoms with Gasteiger partial charge in [-0.15, -0.1) is 0 Å².